The normalized spacial score (nSPS) is 10.7. The Morgan fingerprint density at radius 1 is 1.25 bits per heavy atom. The molecule has 0 fully saturated rings. The summed E-state index contributed by atoms with van der Waals surface area (Å²) in [5, 5.41) is 3.25. The Bertz CT molecular complexity index is 805. The number of carbonyl (C=O) groups is 1. The SMILES string of the molecule is O=C(Nc1cccc2n[se]nc12)c1cc(Br)ccc1Cl. The molecule has 0 aliphatic carbocycles. The van der Waals surface area contributed by atoms with Crippen LogP contribution in [0.5, 0.6) is 0 Å². The van der Waals surface area contributed by atoms with E-state index in [9.17, 15) is 4.79 Å². The molecule has 7 heteroatoms. The third-order valence-corrected chi connectivity index (χ3v) is 4.67. The van der Waals surface area contributed by atoms with Crippen molar-refractivity contribution in [3.05, 3.63) is 51.5 Å². The standard InChI is InChI=1S/C13H7BrClN3OSe/c14-7-4-5-9(15)8(6-7)13(19)16-10-2-1-3-11-12(10)18-20-17-11/h1-6H,(H,16,19). The first-order valence-electron chi connectivity index (χ1n) is 5.63. The Balaban J connectivity index is 1.96. The molecule has 0 atom stereocenters. The fourth-order valence-electron chi connectivity index (χ4n) is 1.77. The number of amides is 1. The third-order valence-electron chi connectivity index (χ3n) is 2.71. The number of anilines is 1. The summed E-state index contributed by atoms with van der Waals surface area (Å²) in [7, 11) is 0. The molecule has 100 valence electrons. The molecule has 1 amide bonds. The zero-order chi connectivity index (χ0) is 14.1. The van der Waals surface area contributed by atoms with E-state index < -0.39 is 0 Å². The molecule has 0 spiro atoms. The van der Waals surface area contributed by atoms with Crippen LogP contribution in [-0.2, 0) is 0 Å². The first-order chi connectivity index (χ1) is 9.65. The first-order valence-corrected chi connectivity index (χ1v) is 8.33. The molecule has 0 bridgehead atoms. The number of hydrogen-bond acceptors (Lipinski definition) is 3. The minimum atomic E-state index is -0.265. The fraction of sp³-hybridized carbons (Fsp3) is 0. The van der Waals surface area contributed by atoms with Crippen LogP contribution in [0.4, 0.5) is 5.69 Å². The summed E-state index contributed by atoms with van der Waals surface area (Å²) in [6, 6.07) is 10.7. The Morgan fingerprint density at radius 2 is 2.10 bits per heavy atom. The van der Waals surface area contributed by atoms with Crippen LogP contribution >= 0.6 is 27.5 Å². The number of fused-ring (bicyclic) bond motifs is 1. The van der Waals surface area contributed by atoms with E-state index in [1.165, 1.54) is 0 Å². The molecule has 3 rings (SSSR count). The Hall–Kier alpha value is -1.20. The van der Waals surface area contributed by atoms with Crippen LogP contribution in [0.2, 0.25) is 5.02 Å². The second kappa shape index (κ2) is 5.66. The first kappa shape index (κ1) is 13.8. The van der Waals surface area contributed by atoms with Crippen molar-refractivity contribution in [1.29, 1.82) is 0 Å². The fourth-order valence-corrected chi connectivity index (χ4v) is 3.49. The average Bonchev–Trinajstić information content (AvgIpc) is 2.91. The van der Waals surface area contributed by atoms with Crippen LogP contribution < -0.4 is 5.32 Å². The van der Waals surface area contributed by atoms with Crippen LogP contribution in [0, 0.1) is 0 Å². The van der Waals surface area contributed by atoms with Crippen molar-refractivity contribution in [1.82, 2.24) is 7.96 Å². The van der Waals surface area contributed by atoms with Gasteiger partial charge in [-0.25, -0.2) is 0 Å². The van der Waals surface area contributed by atoms with E-state index in [0.29, 0.717) is 16.3 Å². The van der Waals surface area contributed by atoms with Gasteiger partial charge in [0.05, 0.1) is 0 Å². The summed E-state index contributed by atoms with van der Waals surface area (Å²) in [5.41, 5.74) is 2.64. The summed E-state index contributed by atoms with van der Waals surface area (Å²) in [5.74, 6) is -0.265. The van der Waals surface area contributed by atoms with E-state index in [1.807, 2.05) is 18.2 Å². The number of carbonyl (C=O) groups excluding carboxylic acids is 1. The van der Waals surface area contributed by atoms with E-state index >= 15 is 0 Å². The number of hydrogen-bond donors (Lipinski definition) is 1. The minimum absolute atomic E-state index is 0.128. The molecule has 0 radical (unpaired) electrons. The van der Waals surface area contributed by atoms with Crippen molar-refractivity contribution in [2.45, 2.75) is 0 Å². The molecule has 0 unspecified atom stereocenters. The molecule has 0 saturated carbocycles. The van der Waals surface area contributed by atoms with Crippen LogP contribution in [-0.4, -0.2) is 28.8 Å². The quantitative estimate of drug-likeness (QED) is 0.653. The molecule has 0 aliphatic rings. The number of aromatic nitrogens is 2. The zero-order valence-corrected chi connectivity index (χ0v) is 14.0. The van der Waals surface area contributed by atoms with Gasteiger partial charge in [-0.3, -0.25) is 0 Å². The van der Waals surface area contributed by atoms with E-state index in [1.54, 1.807) is 18.2 Å². The van der Waals surface area contributed by atoms with Crippen molar-refractivity contribution in [2.24, 2.45) is 0 Å². The topological polar surface area (TPSA) is 54.9 Å². The molecule has 1 N–H and O–H groups in total. The van der Waals surface area contributed by atoms with Crippen LogP contribution in [0.15, 0.2) is 40.9 Å². The average molecular weight is 416 g/mol. The van der Waals surface area contributed by atoms with Crippen LogP contribution in [0.1, 0.15) is 10.4 Å². The molecular weight excluding hydrogens is 408 g/mol. The number of rotatable bonds is 2. The van der Waals surface area contributed by atoms with Crippen molar-refractivity contribution < 1.29 is 4.79 Å². The van der Waals surface area contributed by atoms with Crippen LogP contribution in [0.25, 0.3) is 11.0 Å². The van der Waals surface area contributed by atoms with Gasteiger partial charge in [-0.15, -0.1) is 0 Å². The summed E-state index contributed by atoms with van der Waals surface area (Å²) >= 11 is 9.26. The predicted octanol–water partition coefficient (Wildman–Crippen LogP) is 3.36. The van der Waals surface area contributed by atoms with E-state index in [4.69, 9.17) is 11.6 Å². The molecule has 4 nitrogen and oxygen atoms in total. The number of benzene rings is 2. The van der Waals surface area contributed by atoms with Gasteiger partial charge in [0.2, 0.25) is 0 Å². The molecule has 1 heterocycles. The van der Waals surface area contributed by atoms with Gasteiger partial charge in [0.1, 0.15) is 0 Å². The van der Waals surface area contributed by atoms with Crippen molar-refractivity contribution in [2.75, 3.05) is 5.32 Å². The van der Waals surface area contributed by atoms with Gasteiger partial charge in [-0.1, -0.05) is 0 Å². The monoisotopic (exact) mass is 415 g/mol. The van der Waals surface area contributed by atoms with E-state index in [-0.39, 0.29) is 20.9 Å². The van der Waals surface area contributed by atoms with Crippen molar-refractivity contribution in [3.63, 3.8) is 0 Å². The van der Waals surface area contributed by atoms with Gasteiger partial charge in [-0.05, 0) is 0 Å². The molecule has 0 aliphatic heterocycles. The summed E-state index contributed by atoms with van der Waals surface area (Å²) in [6.45, 7) is 0. The van der Waals surface area contributed by atoms with Gasteiger partial charge in [0, 0.05) is 0 Å². The summed E-state index contributed by atoms with van der Waals surface area (Å²) in [4.78, 5) is 12.3. The molecular formula is C13H7BrClN3OSe. The van der Waals surface area contributed by atoms with Gasteiger partial charge in [-0.2, -0.15) is 0 Å². The van der Waals surface area contributed by atoms with Crippen LogP contribution in [0.3, 0.4) is 0 Å². The second-order valence-corrected chi connectivity index (χ2v) is 6.45. The third kappa shape index (κ3) is 2.65. The molecule has 0 saturated heterocycles. The Kier molecular flexibility index (Phi) is 3.89. The Morgan fingerprint density at radius 3 is 2.95 bits per heavy atom. The van der Waals surface area contributed by atoms with Gasteiger partial charge < -0.3 is 0 Å². The second-order valence-electron chi connectivity index (χ2n) is 4.02. The number of halogens is 2. The molecule has 20 heavy (non-hydrogen) atoms. The molecule has 2 aromatic carbocycles. The zero-order valence-electron chi connectivity index (χ0n) is 9.93. The van der Waals surface area contributed by atoms with E-state index in [0.717, 1.165) is 15.5 Å². The van der Waals surface area contributed by atoms with Gasteiger partial charge in [0.25, 0.3) is 0 Å². The van der Waals surface area contributed by atoms with Crippen molar-refractivity contribution in [3.8, 4) is 0 Å². The summed E-state index contributed by atoms with van der Waals surface area (Å²) in [6.07, 6.45) is 0. The predicted molar refractivity (Wildman–Crippen MR) is 83.6 cm³/mol. The molecule has 1 aromatic heterocycles. The Labute approximate surface area is 134 Å². The van der Waals surface area contributed by atoms with E-state index in [2.05, 4.69) is 29.2 Å². The van der Waals surface area contributed by atoms with Crippen molar-refractivity contribution >= 4 is 65.1 Å². The summed E-state index contributed by atoms with van der Waals surface area (Å²) < 4.78 is 9.41. The number of nitrogens with one attached hydrogen (secondary N) is 1. The van der Waals surface area contributed by atoms with Gasteiger partial charge in [0.15, 0.2) is 0 Å². The maximum atomic E-state index is 12.3. The van der Waals surface area contributed by atoms with Gasteiger partial charge >= 0.3 is 135 Å². The molecule has 3 aromatic rings. The maximum absolute atomic E-state index is 12.3. The number of nitrogens with zero attached hydrogens (tertiary/aromatic N) is 2.